The Morgan fingerprint density at radius 2 is 1.02 bits per heavy atom. The van der Waals surface area contributed by atoms with Crippen LogP contribution in [0.25, 0.3) is 66.7 Å². The summed E-state index contributed by atoms with van der Waals surface area (Å²) in [7, 11) is 0. The third-order valence-electron chi connectivity index (χ3n) is 9.29. The summed E-state index contributed by atoms with van der Waals surface area (Å²) in [5.74, 6) is 0.624. The highest BCUT2D eigenvalue weighted by Crippen LogP contribution is 2.43. The number of benzene rings is 8. The molecule has 0 saturated heterocycles. The van der Waals surface area contributed by atoms with E-state index in [1.54, 1.807) is 0 Å². The first-order chi connectivity index (χ1) is 24.8. The summed E-state index contributed by atoms with van der Waals surface area (Å²) in [5, 5.41) is 2.45. The molecule has 1 heterocycles. The van der Waals surface area contributed by atoms with Gasteiger partial charge < -0.3 is 9.32 Å². The van der Waals surface area contributed by atoms with Crippen LogP contribution in [-0.4, -0.2) is 4.98 Å². The van der Waals surface area contributed by atoms with Gasteiger partial charge in [-0.3, -0.25) is 0 Å². The average Bonchev–Trinajstić information content (AvgIpc) is 3.64. The topological polar surface area (TPSA) is 29.3 Å². The molecule has 236 valence electrons. The fraction of sp³-hybridized carbons (Fsp3) is 0. The molecule has 0 spiro atoms. The summed E-state index contributed by atoms with van der Waals surface area (Å²) in [6, 6.07) is 68.3. The van der Waals surface area contributed by atoms with E-state index in [1.165, 1.54) is 27.5 Å². The second-order valence-corrected chi connectivity index (χ2v) is 12.4. The maximum absolute atomic E-state index is 6.38. The van der Waals surface area contributed by atoms with Gasteiger partial charge >= 0.3 is 0 Å². The Balaban J connectivity index is 1.17. The predicted molar refractivity (Wildman–Crippen MR) is 208 cm³/mol. The zero-order valence-electron chi connectivity index (χ0n) is 27.3. The molecular formula is C47H32N2O. The molecule has 50 heavy (non-hydrogen) atoms. The Labute approximate surface area is 291 Å². The van der Waals surface area contributed by atoms with Crippen LogP contribution in [0.4, 0.5) is 17.1 Å². The van der Waals surface area contributed by atoms with E-state index in [0.29, 0.717) is 5.89 Å². The Kier molecular flexibility index (Phi) is 7.49. The molecule has 0 N–H and O–H groups in total. The molecule has 3 heteroatoms. The SMILES string of the molecule is c1ccc(-c2cccc(N(c3ccc(-c4cccc5nc(-c6ccccc6)oc45)cc3)c3ccccc3-c3ccc4ccccc4c3)c2)cc1. The van der Waals surface area contributed by atoms with E-state index in [9.17, 15) is 0 Å². The molecule has 0 fully saturated rings. The predicted octanol–water partition coefficient (Wildman–Crippen LogP) is 13.1. The molecule has 1 aromatic heterocycles. The van der Waals surface area contributed by atoms with Crippen molar-refractivity contribution in [1.82, 2.24) is 4.98 Å². The van der Waals surface area contributed by atoms with E-state index in [-0.39, 0.29) is 0 Å². The van der Waals surface area contributed by atoms with Gasteiger partial charge in [-0.1, -0.05) is 140 Å². The molecule has 8 aromatic carbocycles. The molecule has 0 unspecified atom stereocenters. The van der Waals surface area contributed by atoms with Crippen molar-refractivity contribution in [3.05, 3.63) is 194 Å². The Hall–Kier alpha value is -6.71. The molecule has 0 saturated carbocycles. The van der Waals surface area contributed by atoms with Crippen molar-refractivity contribution in [1.29, 1.82) is 0 Å². The molecule has 3 nitrogen and oxygen atoms in total. The third kappa shape index (κ3) is 5.51. The monoisotopic (exact) mass is 640 g/mol. The molecule has 0 aliphatic heterocycles. The maximum Gasteiger partial charge on any atom is 0.227 e. The minimum absolute atomic E-state index is 0.624. The molecule has 0 bridgehead atoms. The summed E-state index contributed by atoms with van der Waals surface area (Å²) in [6.07, 6.45) is 0. The normalized spacial score (nSPS) is 11.2. The van der Waals surface area contributed by atoms with Gasteiger partial charge in [0.15, 0.2) is 5.58 Å². The van der Waals surface area contributed by atoms with E-state index in [4.69, 9.17) is 9.40 Å². The van der Waals surface area contributed by atoms with E-state index >= 15 is 0 Å². The highest BCUT2D eigenvalue weighted by atomic mass is 16.3. The van der Waals surface area contributed by atoms with Crippen LogP contribution in [0.1, 0.15) is 0 Å². The van der Waals surface area contributed by atoms with Gasteiger partial charge in [0.2, 0.25) is 5.89 Å². The molecule has 0 aliphatic carbocycles. The first-order valence-electron chi connectivity index (χ1n) is 16.9. The van der Waals surface area contributed by atoms with Crippen molar-refractivity contribution >= 4 is 38.9 Å². The van der Waals surface area contributed by atoms with E-state index < -0.39 is 0 Å². The highest BCUT2D eigenvalue weighted by molar-refractivity contribution is 5.95. The van der Waals surface area contributed by atoms with Gasteiger partial charge in [-0.25, -0.2) is 4.98 Å². The van der Waals surface area contributed by atoms with Crippen LogP contribution < -0.4 is 4.90 Å². The number of para-hydroxylation sites is 2. The van der Waals surface area contributed by atoms with Crippen LogP contribution in [0.3, 0.4) is 0 Å². The first kappa shape index (κ1) is 29.4. The maximum atomic E-state index is 6.38. The Bertz CT molecular complexity index is 2590. The second-order valence-electron chi connectivity index (χ2n) is 12.4. The number of oxazole rings is 1. The summed E-state index contributed by atoms with van der Waals surface area (Å²) in [6.45, 7) is 0. The van der Waals surface area contributed by atoms with Crippen LogP contribution >= 0.6 is 0 Å². The third-order valence-corrected chi connectivity index (χ3v) is 9.29. The fourth-order valence-electron chi connectivity index (χ4n) is 6.82. The van der Waals surface area contributed by atoms with Crippen molar-refractivity contribution in [3.63, 3.8) is 0 Å². The van der Waals surface area contributed by atoms with Gasteiger partial charge in [0.05, 0.1) is 5.69 Å². The van der Waals surface area contributed by atoms with Gasteiger partial charge in [0.1, 0.15) is 5.52 Å². The lowest BCUT2D eigenvalue weighted by molar-refractivity contribution is 0.621. The first-order valence-corrected chi connectivity index (χ1v) is 16.9. The number of nitrogens with zero attached hydrogens (tertiary/aromatic N) is 2. The van der Waals surface area contributed by atoms with Crippen molar-refractivity contribution in [2.45, 2.75) is 0 Å². The number of rotatable bonds is 7. The minimum atomic E-state index is 0.624. The molecule has 0 amide bonds. The zero-order chi connectivity index (χ0) is 33.3. The second kappa shape index (κ2) is 12.7. The zero-order valence-corrected chi connectivity index (χ0v) is 27.3. The van der Waals surface area contributed by atoms with E-state index in [1.807, 2.05) is 42.5 Å². The average molecular weight is 641 g/mol. The highest BCUT2D eigenvalue weighted by Gasteiger charge is 2.19. The quantitative estimate of drug-likeness (QED) is 0.174. The summed E-state index contributed by atoms with van der Waals surface area (Å²) >= 11 is 0. The van der Waals surface area contributed by atoms with Crippen molar-refractivity contribution < 1.29 is 4.42 Å². The number of hydrogen-bond donors (Lipinski definition) is 0. The lowest BCUT2D eigenvalue weighted by atomic mass is 9.98. The van der Waals surface area contributed by atoms with Gasteiger partial charge in [0.25, 0.3) is 0 Å². The molecule has 9 aromatic rings. The molecule has 9 rings (SSSR count). The van der Waals surface area contributed by atoms with Crippen LogP contribution in [0.15, 0.2) is 199 Å². The Morgan fingerprint density at radius 3 is 1.84 bits per heavy atom. The Morgan fingerprint density at radius 1 is 0.380 bits per heavy atom. The summed E-state index contributed by atoms with van der Waals surface area (Å²) in [4.78, 5) is 7.17. The number of aromatic nitrogens is 1. The number of anilines is 3. The number of fused-ring (bicyclic) bond motifs is 2. The largest absolute Gasteiger partial charge is 0.435 e. The van der Waals surface area contributed by atoms with E-state index in [0.717, 1.165) is 50.4 Å². The van der Waals surface area contributed by atoms with Crippen molar-refractivity contribution in [2.75, 3.05) is 4.90 Å². The smallest absolute Gasteiger partial charge is 0.227 e. The molecule has 0 radical (unpaired) electrons. The summed E-state index contributed by atoms with van der Waals surface area (Å²) in [5.41, 5.74) is 12.6. The molecule has 0 atom stereocenters. The van der Waals surface area contributed by atoms with Crippen molar-refractivity contribution in [2.24, 2.45) is 0 Å². The van der Waals surface area contributed by atoms with Gasteiger partial charge in [-0.05, 0) is 87.6 Å². The lowest BCUT2D eigenvalue weighted by Gasteiger charge is -2.28. The fourth-order valence-corrected chi connectivity index (χ4v) is 6.82. The van der Waals surface area contributed by atoms with Gasteiger partial charge in [-0.15, -0.1) is 0 Å². The molecular weight excluding hydrogens is 609 g/mol. The minimum Gasteiger partial charge on any atom is -0.435 e. The van der Waals surface area contributed by atoms with Crippen LogP contribution in [0, 0.1) is 0 Å². The summed E-state index contributed by atoms with van der Waals surface area (Å²) < 4.78 is 6.38. The van der Waals surface area contributed by atoms with Crippen LogP contribution in [0.2, 0.25) is 0 Å². The standard InChI is InChI=1S/C47H32N2O/c1-3-13-33(14-4-1)38-19-11-20-41(32-38)49(45-24-10-9-21-42(45)39-26-25-34-15-7-8-18-37(34)31-39)40-29-27-35(28-30-40)43-22-12-23-44-46(43)50-47(48-44)36-16-5-2-6-17-36/h1-32H. The lowest BCUT2D eigenvalue weighted by Crippen LogP contribution is -2.11. The molecule has 0 aliphatic rings. The van der Waals surface area contributed by atoms with Crippen LogP contribution in [-0.2, 0) is 0 Å². The van der Waals surface area contributed by atoms with E-state index in [2.05, 4.69) is 157 Å². The van der Waals surface area contributed by atoms with Crippen molar-refractivity contribution in [3.8, 4) is 44.8 Å². The van der Waals surface area contributed by atoms with Crippen LogP contribution in [0.5, 0.6) is 0 Å². The van der Waals surface area contributed by atoms with Gasteiger partial charge in [-0.2, -0.15) is 0 Å². The number of hydrogen-bond acceptors (Lipinski definition) is 3. The van der Waals surface area contributed by atoms with Gasteiger partial charge in [0, 0.05) is 28.1 Å².